The number of halogens is 1. The molecule has 1 aliphatic rings. The minimum absolute atomic E-state index is 0.112. The van der Waals surface area contributed by atoms with Crippen LogP contribution in [0.1, 0.15) is 11.3 Å². The van der Waals surface area contributed by atoms with Gasteiger partial charge in [-0.1, -0.05) is 12.1 Å². The van der Waals surface area contributed by atoms with E-state index in [9.17, 15) is 18.8 Å². The maximum absolute atomic E-state index is 13.3. The number of aryl methyl sites for hydroxylation is 1. The quantitative estimate of drug-likeness (QED) is 0.290. The summed E-state index contributed by atoms with van der Waals surface area (Å²) in [6.45, 7) is 1.82. The number of hydrogen-bond donors (Lipinski definition) is 1. The Morgan fingerprint density at radius 2 is 1.78 bits per heavy atom. The lowest BCUT2D eigenvalue weighted by molar-refractivity contribution is -0.122. The van der Waals surface area contributed by atoms with Crippen LogP contribution in [0.3, 0.4) is 0 Å². The lowest BCUT2D eigenvalue weighted by atomic mass is 10.1. The number of carbonyl (C=O) groups is 2. The number of anilines is 1. The molecule has 3 heterocycles. The van der Waals surface area contributed by atoms with E-state index in [0.717, 1.165) is 10.6 Å². The third-order valence-electron chi connectivity index (χ3n) is 5.21. The Labute approximate surface area is 185 Å². The molecule has 0 unspecified atom stereocenters. The zero-order chi connectivity index (χ0) is 22.6. The fourth-order valence-electron chi connectivity index (χ4n) is 3.77. The van der Waals surface area contributed by atoms with Crippen molar-refractivity contribution in [2.24, 2.45) is 0 Å². The van der Waals surface area contributed by atoms with Crippen LogP contribution >= 0.6 is 12.2 Å². The van der Waals surface area contributed by atoms with E-state index in [1.54, 1.807) is 34.7 Å². The highest BCUT2D eigenvalue weighted by molar-refractivity contribution is 7.80. The van der Waals surface area contributed by atoms with Gasteiger partial charge in [-0.3, -0.25) is 24.2 Å². The zero-order valence-corrected chi connectivity index (χ0v) is 17.4. The predicted octanol–water partition coefficient (Wildman–Crippen LogP) is 3.32. The molecule has 0 radical (unpaired) electrons. The average Bonchev–Trinajstić information content (AvgIpc) is 3.07. The lowest BCUT2D eigenvalue weighted by Crippen LogP contribution is -2.54. The van der Waals surface area contributed by atoms with Gasteiger partial charge in [0.05, 0.1) is 16.6 Å². The number of nitrogens with zero attached hydrogens (tertiary/aromatic N) is 2. The van der Waals surface area contributed by atoms with Gasteiger partial charge in [-0.25, -0.2) is 9.18 Å². The van der Waals surface area contributed by atoms with Gasteiger partial charge in [0.1, 0.15) is 11.4 Å². The summed E-state index contributed by atoms with van der Waals surface area (Å²) in [6, 6.07) is 13.9. The molecular weight excluding hydrogens is 433 g/mol. The summed E-state index contributed by atoms with van der Waals surface area (Å²) in [5.41, 5.74) is 1.57. The van der Waals surface area contributed by atoms with Gasteiger partial charge in [0, 0.05) is 11.3 Å². The van der Waals surface area contributed by atoms with Gasteiger partial charge < -0.3 is 4.42 Å². The molecule has 9 heteroatoms. The van der Waals surface area contributed by atoms with Crippen LogP contribution in [0.2, 0.25) is 0 Å². The Hall–Kier alpha value is -4.11. The fourth-order valence-corrected chi connectivity index (χ4v) is 4.05. The highest BCUT2D eigenvalue weighted by Crippen LogP contribution is 2.26. The number of nitrogens with one attached hydrogen (secondary N) is 1. The van der Waals surface area contributed by atoms with Crippen molar-refractivity contribution in [2.75, 3.05) is 4.90 Å². The minimum Gasteiger partial charge on any atom is -0.405 e. The third-order valence-corrected chi connectivity index (χ3v) is 5.49. The summed E-state index contributed by atoms with van der Waals surface area (Å²) < 4.78 is 20.6. The number of fused-ring (bicyclic) bond motifs is 3. The second kappa shape index (κ2) is 7.24. The summed E-state index contributed by atoms with van der Waals surface area (Å²) in [4.78, 5) is 39.4. The monoisotopic (exact) mass is 447 g/mol. The molecule has 0 atom stereocenters. The highest BCUT2D eigenvalue weighted by Gasteiger charge is 2.35. The molecule has 2 aromatic carbocycles. The van der Waals surface area contributed by atoms with Crippen LogP contribution in [0.4, 0.5) is 10.1 Å². The zero-order valence-electron chi connectivity index (χ0n) is 16.6. The van der Waals surface area contributed by atoms with Crippen LogP contribution in [0.25, 0.3) is 22.7 Å². The molecule has 0 bridgehead atoms. The molecule has 1 fully saturated rings. The molecule has 1 saturated heterocycles. The normalized spacial score (nSPS) is 15.8. The number of hydrogen-bond acceptors (Lipinski definition) is 5. The van der Waals surface area contributed by atoms with Crippen LogP contribution in [-0.2, 0) is 9.59 Å². The fraction of sp³-hybridized carbons (Fsp3) is 0.0435. The largest absolute Gasteiger partial charge is 0.405 e. The van der Waals surface area contributed by atoms with E-state index in [0.29, 0.717) is 22.2 Å². The first-order valence-electron chi connectivity index (χ1n) is 9.56. The maximum atomic E-state index is 13.3. The standard InChI is InChI=1S/C23H14FN3O4S/c1-12-10-13(21-26(12)18-5-3-2-4-16(18)22(30)31-21)11-17-19(28)25-23(32)27(20(17)29)15-8-6-14(24)7-9-15/h2-11H,1H3,(H,25,28,32)/b17-11+. The lowest BCUT2D eigenvalue weighted by Gasteiger charge is -2.28. The Kier molecular flexibility index (Phi) is 4.49. The van der Waals surface area contributed by atoms with E-state index in [-0.39, 0.29) is 16.4 Å². The van der Waals surface area contributed by atoms with Gasteiger partial charge in [0.25, 0.3) is 11.8 Å². The predicted molar refractivity (Wildman–Crippen MR) is 121 cm³/mol. The molecule has 4 aromatic rings. The molecule has 158 valence electrons. The van der Waals surface area contributed by atoms with Crippen LogP contribution in [0.15, 0.2) is 69.4 Å². The first-order chi connectivity index (χ1) is 15.3. The number of thiocarbonyl (C=S) groups is 1. The van der Waals surface area contributed by atoms with Crippen LogP contribution in [0, 0.1) is 12.7 Å². The number of carbonyl (C=O) groups excluding carboxylic acids is 2. The second-order valence-corrected chi connectivity index (χ2v) is 7.61. The molecule has 0 saturated carbocycles. The Morgan fingerprint density at radius 1 is 1.06 bits per heavy atom. The molecule has 32 heavy (non-hydrogen) atoms. The molecule has 0 spiro atoms. The van der Waals surface area contributed by atoms with Crippen molar-refractivity contribution in [1.29, 1.82) is 0 Å². The Morgan fingerprint density at radius 3 is 2.53 bits per heavy atom. The Balaban J connectivity index is 1.67. The van der Waals surface area contributed by atoms with E-state index in [1.807, 2.05) is 6.92 Å². The SMILES string of the molecule is Cc1cc(/C=C2\C(=O)NC(=S)N(c3ccc(F)cc3)C2=O)c2oc(=O)c3ccccc3n12. The van der Waals surface area contributed by atoms with E-state index in [2.05, 4.69) is 5.32 Å². The van der Waals surface area contributed by atoms with Gasteiger partial charge in [-0.15, -0.1) is 0 Å². The molecule has 1 aliphatic heterocycles. The van der Waals surface area contributed by atoms with Crippen molar-refractivity contribution in [3.63, 3.8) is 0 Å². The summed E-state index contributed by atoms with van der Waals surface area (Å²) in [5.74, 6) is -1.83. The minimum atomic E-state index is -0.682. The molecule has 0 aliphatic carbocycles. The Bertz CT molecular complexity index is 1550. The topological polar surface area (TPSA) is 84.0 Å². The number of aromatic nitrogens is 1. The van der Waals surface area contributed by atoms with Crippen molar-refractivity contribution < 1.29 is 18.4 Å². The third kappa shape index (κ3) is 3.02. The summed E-state index contributed by atoms with van der Waals surface area (Å²) >= 11 is 5.15. The van der Waals surface area contributed by atoms with E-state index in [4.69, 9.17) is 16.6 Å². The molecule has 7 nitrogen and oxygen atoms in total. The first kappa shape index (κ1) is 19.8. The summed E-state index contributed by atoms with van der Waals surface area (Å²) in [5, 5.41) is 2.78. The van der Waals surface area contributed by atoms with Crippen molar-refractivity contribution in [3.8, 4) is 0 Å². The van der Waals surface area contributed by atoms with Gasteiger partial charge in [0.15, 0.2) is 5.11 Å². The number of para-hydroxylation sites is 1. The number of benzene rings is 2. The van der Waals surface area contributed by atoms with E-state index < -0.39 is 23.3 Å². The average molecular weight is 447 g/mol. The van der Waals surface area contributed by atoms with Crippen molar-refractivity contribution >= 4 is 57.5 Å². The van der Waals surface area contributed by atoms with Gasteiger partial charge >= 0.3 is 5.63 Å². The smallest absolute Gasteiger partial charge is 0.346 e. The number of amides is 2. The molecule has 1 N–H and O–H groups in total. The van der Waals surface area contributed by atoms with Gasteiger partial charge in [0.2, 0.25) is 5.71 Å². The summed E-state index contributed by atoms with van der Waals surface area (Å²) in [6.07, 6.45) is 1.36. The van der Waals surface area contributed by atoms with Crippen molar-refractivity contribution in [3.05, 3.63) is 87.7 Å². The van der Waals surface area contributed by atoms with Crippen LogP contribution in [0.5, 0.6) is 0 Å². The summed E-state index contributed by atoms with van der Waals surface area (Å²) in [7, 11) is 0. The van der Waals surface area contributed by atoms with Gasteiger partial charge in [-0.05, 0) is 67.7 Å². The molecule has 2 aromatic heterocycles. The van der Waals surface area contributed by atoms with Gasteiger partial charge in [-0.2, -0.15) is 0 Å². The van der Waals surface area contributed by atoms with Crippen LogP contribution in [-0.4, -0.2) is 21.3 Å². The molecule has 5 rings (SSSR count). The molecular formula is C23H14FN3O4S. The maximum Gasteiger partial charge on any atom is 0.346 e. The highest BCUT2D eigenvalue weighted by atomic mass is 32.1. The first-order valence-corrected chi connectivity index (χ1v) is 9.97. The van der Waals surface area contributed by atoms with Crippen molar-refractivity contribution in [2.45, 2.75) is 6.92 Å². The van der Waals surface area contributed by atoms with E-state index in [1.165, 1.54) is 30.3 Å². The van der Waals surface area contributed by atoms with Crippen LogP contribution < -0.4 is 15.8 Å². The van der Waals surface area contributed by atoms with E-state index >= 15 is 0 Å². The number of rotatable bonds is 2. The second-order valence-electron chi connectivity index (χ2n) is 7.22. The van der Waals surface area contributed by atoms with Crippen molar-refractivity contribution in [1.82, 2.24) is 9.72 Å². The molecule has 2 amide bonds.